The van der Waals surface area contributed by atoms with Gasteiger partial charge >= 0.3 is 6.18 Å². The molecule has 0 saturated heterocycles. The molecular weight excluding hydrogens is 396 g/mol. The van der Waals surface area contributed by atoms with E-state index < -0.39 is 23.6 Å². The van der Waals surface area contributed by atoms with Crippen LogP contribution in [0.1, 0.15) is 21.6 Å². The molecule has 28 heavy (non-hydrogen) atoms. The van der Waals surface area contributed by atoms with Crippen molar-refractivity contribution in [3.05, 3.63) is 77.5 Å². The van der Waals surface area contributed by atoms with Gasteiger partial charge in [-0.1, -0.05) is 30.7 Å². The van der Waals surface area contributed by atoms with Crippen molar-refractivity contribution in [3.8, 4) is 0 Å². The molecule has 0 spiro atoms. The second kappa shape index (κ2) is 9.56. The monoisotopic (exact) mass is 414 g/mol. The number of rotatable bonds is 8. The van der Waals surface area contributed by atoms with E-state index in [2.05, 4.69) is 11.6 Å². The van der Waals surface area contributed by atoms with Crippen molar-refractivity contribution >= 4 is 17.9 Å². The Hall–Kier alpha value is -2.59. The lowest BCUT2D eigenvalue weighted by molar-refractivity contribution is -0.0972. The second-order valence-electron chi connectivity index (χ2n) is 5.66. The second-order valence-corrected chi connectivity index (χ2v) is 6.54. The molecule has 1 aromatic carbocycles. The van der Waals surface area contributed by atoms with Crippen molar-refractivity contribution < 1.29 is 22.4 Å². The zero-order chi connectivity index (χ0) is 20.7. The van der Waals surface area contributed by atoms with Crippen molar-refractivity contribution in [2.24, 2.45) is 0 Å². The van der Waals surface area contributed by atoms with Gasteiger partial charge in [0.1, 0.15) is 11.5 Å². The topological polar surface area (TPSA) is 57.3 Å². The standard InChI is InChI=1S/C18H18F4N4OS/c1-12(18(20,21)22)24-25-17(27)13-6-7-14(16(19)9-13)10-26(28-2)11-15-5-3-4-8-23-15/h3-9,24H,1,10-11H2,2H3,(H,25,27). The molecule has 0 fully saturated rings. The fourth-order valence-electron chi connectivity index (χ4n) is 2.14. The highest BCUT2D eigenvalue weighted by atomic mass is 32.2. The minimum atomic E-state index is -4.70. The molecule has 0 radical (unpaired) electrons. The zero-order valence-electron chi connectivity index (χ0n) is 14.9. The molecular formula is C18H18F4N4OS. The maximum atomic E-state index is 14.4. The Bertz CT molecular complexity index is 830. The fraction of sp³-hybridized carbons (Fsp3) is 0.222. The summed E-state index contributed by atoms with van der Waals surface area (Å²) < 4.78 is 53.3. The van der Waals surface area contributed by atoms with E-state index in [4.69, 9.17) is 0 Å². The molecule has 5 nitrogen and oxygen atoms in total. The highest BCUT2D eigenvalue weighted by Crippen LogP contribution is 2.21. The Balaban J connectivity index is 2.00. The molecule has 2 N–H and O–H groups in total. The molecule has 1 amide bonds. The zero-order valence-corrected chi connectivity index (χ0v) is 15.7. The third kappa shape index (κ3) is 6.24. The molecule has 0 aliphatic rings. The van der Waals surface area contributed by atoms with Gasteiger partial charge in [0.2, 0.25) is 0 Å². The molecule has 0 aliphatic heterocycles. The summed E-state index contributed by atoms with van der Waals surface area (Å²) in [6.07, 6.45) is -1.18. The van der Waals surface area contributed by atoms with Gasteiger partial charge in [-0.2, -0.15) is 13.2 Å². The molecule has 150 valence electrons. The number of aromatic nitrogens is 1. The summed E-state index contributed by atoms with van der Waals surface area (Å²) in [6.45, 7) is 3.51. The molecule has 0 unspecified atom stereocenters. The number of hydrogen-bond acceptors (Lipinski definition) is 5. The van der Waals surface area contributed by atoms with Gasteiger partial charge < -0.3 is 0 Å². The number of halogens is 4. The number of nitrogens with zero attached hydrogens (tertiary/aromatic N) is 2. The van der Waals surface area contributed by atoms with Gasteiger partial charge in [0.05, 0.1) is 12.2 Å². The van der Waals surface area contributed by atoms with Gasteiger partial charge in [0.25, 0.3) is 5.91 Å². The first kappa shape index (κ1) is 21.7. The number of carbonyl (C=O) groups is 1. The van der Waals surface area contributed by atoms with Gasteiger partial charge in [0.15, 0.2) is 0 Å². The van der Waals surface area contributed by atoms with E-state index in [1.165, 1.54) is 24.1 Å². The van der Waals surface area contributed by atoms with Crippen LogP contribution in [0.3, 0.4) is 0 Å². The minimum Gasteiger partial charge on any atom is -0.294 e. The summed E-state index contributed by atoms with van der Waals surface area (Å²) in [5.74, 6) is -1.55. The molecule has 0 saturated carbocycles. The van der Waals surface area contributed by atoms with Crippen LogP contribution in [0.4, 0.5) is 17.6 Å². The van der Waals surface area contributed by atoms with Gasteiger partial charge in [0, 0.05) is 23.9 Å². The number of carbonyl (C=O) groups excluding carboxylic acids is 1. The van der Waals surface area contributed by atoms with E-state index in [1.54, 1.807) is 17.7 Å². The summed E-state index contributed by atoms with van der Waals surface area (Å²) in [5, 5.41) is 0. The lowest BCUT2D eigenvalue weighted by Gasteiger charge is -2.19. The average Bonchev–Trinajstić information content (AvgIpc) is 2.66. The Kier molecular flexibility index (Phi) is 7.41. The van der Waals surface area contributed by atoms with Gasteiger partial charge in [-0.3, -0.25) is 20.6 Å². The molecule has 0 aliphatic carbocycles. The average molecular weight is 414 g/mol. The summed E-state index contributed by atoms with van der Waals surface area (Å²) in [6, 6.07) is 9.25. The largest absolute Gasteiger partial charge is 0.432 e. The van der Waals surface area contributed by atoms with Gasteiger partial charge in [-0.05, 0) is 30.5 Å². The summed E-state index contributed by atoms with van der Waals surface area (Å²) >= 11 is 1.41. The number of benzene rings is 1. The van der Waals surface area contributed by atoms with Crippen molar-refractivity contribution in [2.45, 2.75) is 19.3 Å². The first-order valence-electron chi connectivity index (χ1n) is 8.00. The third-order valence-electron chi connectivity index (χ3n) is 3.65. The highest BCUT2D eigenvalue weighted by Gasteiger charge is 2.32. The number of nitrogens with one attached hydrogen (secondary N) is 2. The number of hydrazine groups is 1. The van der Waals surface area contributed by atoms with E-state index in [1.807, 2.05) is 28.1 Å². The Labute approximate surface area is 163 Å². The van der Waals surface area contributed by atoms with Crippen molar-refractivity contribution in [1.29, 1.82) is 0 Å². The van der Waals surface area contributed by atoms with Gasteiger partial charge in [-0.25, -0.2) is 8.70 Å². The summed E-state index contributed by atoms with van der Waals surface area (Å²) in [7, 11) is 0. The maximum absolute atomic E-state index is 14.4. The van der Waals surface area contributed by atoms with Crippen LogP contribution in [0.15, 0.2) is 54.9 Å². The smallest absolute Gasteiger partial charge is 0.294 e. The molecule has 1 aromatic heterocycles. The Morgan fingerprint density at radius 2 is 1.96 bits per heavy atom. The third-order valence-corrected chi connectivity index (χ3v) is 4.43. The maximum Gasteiger partial charge on any atom is 0.432 e. The lowest BCUT2D eigenvalue weighted by atomic mass is 10.1. The van der Waals surface area contributed by atoms with Crippen molar-refractivity contribution in [3.63, 3.8) is 0 Å². The van der Waals surface area contributed by atoms with E-state index >= 15 is 0 Å². The molecule has 1 heterocycles. The summed E-state index contributed by atoms with van der Waals surface area (Å²) in [4.78, 5) is 16.1. The number of pyridine rings is 1. The first-order chi connectivity index (χ1) is 13.2. The fourth-order valence-corrected chi connectivity index (χ4v) is 2.67. The highest BCUT2D eigenvalue weighted by molar-refractivity contribution is 7.96. The molecule has 2 rings (SSSR count). The quantitative estimate of drug-likeness (QED) is 0.391. The molecule has 0 bridgehead atoms. The normalized spacial score (nSPS) is 11.4. The number of hydrogen-bond donors (Lipinski definition) is 2. The predicted octanol–water partition coefficient (Wildman–Crippen LogP) is 3.81. The van der Waals surface area contributed by atoms with Crippen LogP contribution in [-0.4, -0.2) is 27.6 Å². The molecule has 10 heteroatoms. The SMILES string of the molecule is C=C(NNC(=O)c1ccc(CN(Cc2ccccn2)SC)c(F)c1)C(F)(F)F. The van der Waals surface area contributed by atoms with E-state index in [9.17, 15) is 22.4 Å². The van der Waals surface area contributed by atoms with Crippen molar-refractivity contribution in [2.75, 3.05) is 6.26 Å². The lowest BCUT2D eigenvalue weighted by Crippen LogP contribution is -2.40. The van der Waals surface area contributed by atoms with Crippen LogP contribution < -0.4 is 10.9 Å². The Morgan fingerprint density at radius 3 is 2.54 bits per heavy atom. The van der Waals surface area contributed by atoms with Crippen LogP contribution in [0.25, 0.3) is 0 Å². The van der Waals surface area contributed by atoms with Crippen LogP contribution in [0, 0.1) is 5.82 Å². The van der Waals surface area contributed by atoms with E-state index in [0.717, 1.165) is 11.8 Å². The van der Waals surface area contributed by atoms with Crippen LogP contribution >= 0.6 is 11.9 Å². The van der Waals surface area contributed by atoms with Crippen LogP contribution in [-0.2, 0) is 13.1 Å². The number of alkyl halides is 3. The summed E-state index contributed by atoms with van der Waals surface area (Å²) in [5.41, 5.74) is 3.22. The minimum absolute atomic E-state index is 0.121. The molecule has 2 aromatic rings. The van der Waals surface area contributed by atoms with Gasteiger partial charge in [-0.15, -0.1) is 0 Å². The Morgan fingerprint density at radius 1 is 1.21 bits per heavy atom. The van der Waals surface area contributed by atoms with E-state index in [0.29, 0.717) is 12.1 Å². The number of amides is 1. The van der Waals surface area contributed by atoms with Crippen LogP contribution in [0.2, 0.25) is 0 Å². The van der Waals surface area contributed by atoms with Crippen molar-refractivity contribution in [1.82, 2.24) is 20.1 Å². The predicted molar refractivity (Wildman–Crippen MR) is 99.2 cm³/mol. The first-order valence-corrected chi connectivity index (χ1v) is 9.18. The molecule has 0 atom stereocenters. The van der Waals surface area contributed by atoms with E-state index in [-0.39, 0.29) is 12.1 Å². The van der Waals surface area contributed by atoms with Crippen LogP contribution in [0.5, 0.6) is 0 Å². The number of allylic oxidation sites excluding steroid dienone is 1.